The average molecular weight is 340 g/mol. The number of anilines is 1. The van der Waals surface area contributed by atoms with Crippen molar-refractivity contribution in [3.8, 4) is 0 Å². The summed E-state index contributed by atoms with van der Waals surface area (Å²) in [6.07, 6.45) is 3.22. The standard InChI is InChI=1S/C14H20N4O4S/c1-23(20,21)9-13(19)18-3-2-11-12(8-18)15-10-16-14(11)17-4-6-22-7-5-17/h10H,2-9H2,1H3. The number of rotatable bonds is 3. The van der Waals surface area contributed by atoms with Crippen LogP contribution < -0.4 is 4.90 Å². The number of fused-ring (bicyclic) bond motifs is 1. The second-order valence-corrected chi connectivity index (χ2v) is 8.00. The number of aromatic nitrogens is 2. The molecule has 9 heteroatoms. The molecule has 126 valence electrons. The number of carbonyl (C=O) groups is 1. The third-order valence-corrected chi connectivity index (χ3v) is 4.80. The average Bonchev–Trinajstić information content (AvgIpc) is 2.53. The van der Waals surface area contributed by atoms with Crippen LogP contribution >= 0.6 is 0 Å². The fourth-order valence-corrected chi connectivity index (χ4v) is 3.54. The van der Waals surface area contributed by atoms with Crippen LogP contribution in [-0.4, -0.2) is 74.0 Å². The molecule has 0 spiro atoms. The number of hydrogen-bond donors (Lipinski definition) is 0. The van der Waals surface area contributed by atoms with E-state index in [0.717, 1.165) is 36.4 Å². The summed E-state index contributed by atoms with van der Waals surface area (Å²) in [6, 6.07) is 0. The topological polar surface area (TPSA) is 92.7 Å². The summed E-state index contributed by atoms with van der Waals surface area (Å²) in [7, 11) is -3.32. The second kappa shape index (κ2) is 6.40. The fraction of sp³-hybridized carbons (Fsp3) is 0.643. The van der Waals surface area contributed by atoms with Crippen LogP contribution in [0.15, 0.2) is 6.33 Å². The monoisotopic (exact) mass is 340 g/mol. The van der Waals surface area contributed by atoms with Crippen LogP contribution in [0.2, 0.25) is 0 Å². The fourth-order valence-electron chi connectivity index (χ4n) is 2.91. The molecule has 0 atom stereocenters. The summed E-state index contributed by atoms with van der Waals surface area (Å²) in [5, 5.41) is 0. The lowest BCUT2D eigenvalue weighted by molar-refractivity contribution is -0.129. The Hall–Kier alpha value is -1.74. The van der Waals surface area contributed by atoms with E-state index in [-0.39, 0.29) is 5.91 Å². The molecule has 3 rings (SSSR count). The van der Waals surface area contributed by atoms with Crippen molar-refractivity contribution in [1.29, 1.82) is 0 Å². The van der Waals surface area contributed by atoms with E-state index in [1.54, 1.807) is 4.90 Å². The molecule has 23 heavy (non-hydrogen) atoms. The molecule has 0 radical (unpaired) electrons. The van der Waals surface area contributed by atoms with Gasteiger partial charge in [0.05, 0.1) is 25.5 Å². The molecule has 1 amide bonds. The van der Waals surface area contributed by atoms with Crippen LogP contribution in [0.3, 0.4) is 0 Å². The van der Waals surface area contributed by atoms with E-state index < -0.39 is 15.6 Å². The molecule has 0 N–H and O–H groups in total. The maximum atomic E-state index is 12.1. The molecule has 0 aromatic carbocycles. The van der Waals surface area contributed by atoms with E-state index >= 15 is 0 Å². The number of hydrogen-bond acceptors (Lipinski definition) is 7. The number of carbonyl (C=O) groups excluding carboxylic acids is 1. The molecule has 3 heterocycles. The van der Waals surface area contributed by atoms with Gasteiger partial charge in [0, 0.05) is 31.5 Å². The Morgan fingerprint density at radius 2 is 2.00 bits per heavy atom. The molecule has 0 bridgehead atoms. The van der Waals surface area contributed by atoms with Gasteiger partial charge < -0.3 is 14.5 Å². The third kappa shape index (κ3) is 3.78. The Morgan fingerprint density at radius 3 is 2.70 bits per heavy atom. The first-order chi connectivity index (χ1) is 10.9. The van der Waals surface area contributed by atoms with Crippen LogP contribution in [-0.2, 0) is 32.3 Å². The van der Waals surface area contributed by atoms with Gasteiger partial charge in [0.1, 0.15) is 17.9 Å². The summed E-state index contributed by atoms with van der Waals surface area (Å²) >= 11 is 0. The Kier molecular flexibility index (Phi) is 4.49. The zero-order chi connectivity index (χ0) is 16.4. The third-order valence-electron chi connectivity index (χ3n) is 4.03. The molecular weight excluding hydrogens is 320 g/mol. The molecule has 0 aliphatic carbocycles. The van der Waals surface area contributed by atoms with Crippen LogP contribution in [0.1, 0.15) is 11.3 Å². The summed E-state index contributed by atoms with van der Waals surface area (Å²) in [6.45, 7) is 3.77. The molecular formula is C14H20N4O4S. The largest absolute Gasteiger partial charge is 0.378 e. The summed E-state index contributed by atoms with van der Waals surface area (Å²) in [5.41, 5.74) is 1.85. The first-order valence-electron chi connectivity index (χ1n) is 7.55. The van der Waals surface area contributed by atoms with E-state index in [2.05, 4.69) is 14.9 Å². The van der Waals surface area contributed by atoms with Crippen molar-refractivity contribution in [2.24, 2.45) is 0 Å². The highest BCUT2D eigenvalue weighted by Crippen LogP contribution is 2.26. The molecule has 1 saturated heterocycles. The molecule has 2 aliphatic heterocycles. The summed E-state index contributed by atoms with van der Waals surface area (Å²) in [5.74, 6) is 0.0854. The maximum absolute atomic E-state index is 12.1. The minimum Gasteiger partial charge on any atom is -0.378 e. The number of ether oxygens (including phenoxy) is 1. The molecule has 1 aromatic heterocycles. The van der Waals surface area contributed by atoms with Crippen LogP contribution in [0.5, 0.6) is 0 Å². The minimum atomic E-state index is -3.32. The summed E-state index contributed by atoms with van der Waals surface area (Å²) in [4.78, 5) is 24.5. The molecule has 0 saturated carbocycles. The Labute approximate surface area is 135 Å². The molecule has 8 nitrogen and oxygen atoms in total. The predicted octanol–water partition coefficient (Wildman–Crippen LogP) is -0.757. The molecule has 1 aromatic rings. The van der Waals surface area contributed by atoms with Crippen molar-refractivity contribution in [2.45, 2.75) is 13.0 Å². The van der Waals surface area contributed by atoms with Gasteiger partial charge in [0.15, 0.2) is 9.84 Å². The lowest BCUT2D eigenvalue weighted by Gasteiger charge is -2.33. The lowest BCUT2D eigenvalue weighted by Crippen LogP contribution is -2.42. The van der Waals surface area contributed by atoms with Crippen molar-refractivity contribution in [3.63, 3.8) is 0 Å². The molecule has 2 aliphatic rings. The van der Waals surface area contributed by atoms with E-state index in [9.17, 15) is 13.2 Å². The van der Waals surface area contributed by atoms with Gasteiger partial charge in [0.25, 0.3) is 0 Å². The van der Waals surface area contributed by atoms with Gasteiger partial charge in [-0.2, -0.15) is 0 Å². The van der Waals surface area contributed by atoms with Crippen LogP contribution in [0.25, 0.3) is 0 Å². The highest BCUT2D eigenvalue weighted by atomic mass is 32.2. The van der Waals surface area contributed by atoms with Crippen LogP contribution in [0, 0.1) is 0 Å². The van der Waals surface area contributed by atoms with Gasteiger partial charge in [-0.05, 0) is 6.42 Å². The minimum absolute atomic E-state index is 0.337. The lowest BCUT2D eigenvalue weighted by atomic mass is 10.0. The predicted molar refractivity (Wildman–Crippen MR) is 83.9 cm³/mol. The van der Waals surface area contributed by atoms with Gasteiger partial charge >= 0.3 is 0 Å². The summed E-state index contributed by atoms with van der Waals surface area (Å²) < 4.78 is 28.0. The van der Waals surface area contributed by atoms with Gasteiger partial charge in [-0.25, -0.2) is 18.4 Å². The normalized spacial score (nSPS) is 18.7. The second-order valence-electron chi connectivity index (χ2n) is 5.86. The van der Waals surface area contributed by atoms with Gasteiger partial charge in [-0.3, -0.25) is 4.79 Å². The number of sulfone groups is 1. The Bertz CT molecular complexity index is 701. The maximum Gasteiger partial charge on any atom is 0.238 e. The van der Waals surface area contributed by atoms with Crippen molar-refractivity contribution in [1.82, 2.24) is 14.9 Å². The number of nitrogens with zero attached hydrogens (tertiary/aromatic N) is 4. The van der Waals surface area contributed by atoms with Gasteiger partial charge in [0.2, 0.25) is 5.91 Å². The van der Waals surface area contributed by atoms with E-state index in [1.807, 2.05) is 0 Å². The van der Waals surface area contributed by atoms with Gasteiger partial charge in [-0.1, -0.05) is 0 Å². The number of morpholine rings is 1. The highest BCUT2D eigenvalue weighted by Gasteiger charge is 2.27. The van der Waals surface area contributed by atoms with Crippen molar-refractivity contribution in [2.75, 3.05) is 49.8 Å². The number of amides is 1. The molecule has 0 unspecified atom stereocenters. The Morgan fingerprint density at radius 1 is 1.26 bits per heavy atom. The zero-order valence-corrected chi connectivity index (χ0v) is 13.9. The Balaban J connectivity index is 1.78. The van der Waals surface area contributed by atoms with Crippen molar-refractivity contribution in [3.05, 3.63) is 17.6 Å². The first-order valence-corrected chi connectivity index (χ1v) is 9.61. The van der Waals surface area contributed by atoms with E-state index in [0.29, 0.717) is 32.7 Å². The SMILES string of the molecule is CS(=O)(=O)CC(=O)N1CCc2c(ncnc2N2CCOCC2)C1. The van der Waals surface area contributed by atoms with E-state index in [4.69, 9.17) is 4.74 Å². The zero-order valence-electron chi connectivity index (χ0n) is 13.1. The first kappa shape index (κ1) is 16.1. The highest BCUT2D eigenvalue weighted by molar-refractivity contribution is 7.91. The van der Waals surface area contributed by atoms with Crippen molar-refractivity contribution >= 4 is 21.6 Å². The van der Waals surface area contributed by atoms with Crippen molar-refractivity contribution < 1.29 is 17.9 Å². The van der Waals surface area contributed by atoms with Crippen LogP contribution in [0.4, 0.5) is 5.82 Å². The smallest absolute Gasteiger partial charge is 0.238 e. The van der Waals surface area contributed by atoms with Gasteiger partial charge in [-0.15, -0.1) is 0 Å². The van der Waals surface area contributed by atoms with E-state index in [1.165, 1.54) is 6.33 Å². The molecule has 1 fully saturated rings. The quantitative estimate of drug-likeness (QED) is 0.714.